The molecule has 1 aromatic carbocycles. The summed E-state index contributed by atoms with van der Waals surface area (Å²) in [6, 6.07) is 8.69. The quantitative estimate of drug-likeness (QED) is 0.715. The largest absolute Gasteiger partial charge is 0.471 e. The summed E-state index contributed by atoms with van der Waals surface area (Å²) >= 11 is 0. The van der Waals surface area contributed by atoms with E-state index in [1.807, 2.05) is 51.1 Å². The summed E-state index contributed by atoms with van der Waals surface area (Å²) in [6.07, 6.45) is -3.72. The first-order valence-electron chi connectivity index (χ1n) is 10.5. The van der Waals surface area contributed by atoms with Crippen molar-refractivity contribution in [2.75, 3.05) is 33.0 Å². The number of rotatable bonds is 4. The zero-order valence-electron chi connectivity index (χ0n) is 18.4. The van der Waals surface area contributed by atoms with Gasteiger partial charge in [0.1, 0.15) is 0 Å². The van der Waals surface area contributed by atoms with Gasteiger partial charge >= 0.3 is 12.1 Å². The number of piperidine rings is 1. The van der Waals surface area contributed by atoms with E-state index >= 15 is 0 Å². The standard InChI is InChI=1S/C18H25F3N2O2.C4H8O2/c1-17(2,3)15-10-9-14(11-23(15)16(24)18(19,20)21)22-25-12-13-7-5-4-6-8-13;1-2-6-4-3-5-1/h4-8,14-15,22H,9-12H2,1-3H3;1-4H2/t14-,15+;/m1./s1. The number of halogens is 3. The van der Waals surface area contributed by atoms with Crippen molar-refractivity contribution in [3.8, 4) is 0 Å². The van der Waals surface area contributed by atoms with Crippen molar-refractivity contribution in [1.29, 1.82) is 0 Å². The molecule has 1 amide bonds. The van der Waals surface area contributed by atoms with Gasteiger partial charge in [0.15, 0.2) is 0 Å². The van der Waals surface area contributed by atoms with Gasteiger partial charge in [-0.2, -0.15) is 18.7 Å². The van der Waals surface area contributed by atoms with Gasteiger partial charge in [0, 0.05) is 18.6 Å². The van der Waals surface area contributed by atoms with Crippen LogP contribution in [0.15, 0.2) is 30.3 Å². The molecular weight excluding hydrogens is 413 g/mol. The Bertz CT molecular complexity index is 649. The molecule has 0 unspecified atom stereocenters. The Morgan fingerprint density at radius 3 is 2.13 bits per heavy atom. The molecule has 176 valence electrons. The maximum absolute atomic E-state index is 13.0. The second kappa shape index (κ2) is 11.8. The fourth-order valence-electron chi connectivity index (χ4n) is 3.61. The molecule has 0 bridgehead atoms. The maximum Gasteiger partial charge on any atom is 0.471 e. The minimum Gasteiger partial charge on any atom is -0.377 e. The highest BCUT2D eigenvalue weighted by molar-refractivity contribution is 5.82. The van der Waals surface area contributed by atoms with Crippen LogP contribution in [0.4, 0.5) is 13.2 Å². The molecule has 0 aliphatic carbocycles. The summed E-state index contributed by atoms with van der Waals surface area (Å²) in [5, 5.41) is 0. The van der Waals surface area contributed by atoms with Gasteiger partial charge in [-0.25, -0.2) is 0 Å². The van der Waals surface area contributed by atoms with E-state index in [0.29, 0.717) is 19.4 Å². The lowest BCUT2D eigenvalue weighted by atomic mass is 9.79. The van der Waals surface area contributed by atoms with Crippen LogP contribution in [-0.2, 0) is 25.7 Å². The first-order chi connectivity index (χ1) is 14.6. The number of hydrogen-bond acceptors (Lipinski definition) is 5. The van der Waals surface area contributed by atoms with Crippen molar-refractivity contribution in [2.45, 2.75) is 58.5 Å². The number of likely N-dealkylation sites (tertiary alicyclic amines) is 1. The number of carbonyl (C=O) groups is 1. The summed E-state index contributed by atoms with van der Waals surface area (Å²) in [7, 11) is 0. The third-order valence-corrected chi connectivity index (χ3v) is 5.16. The van der Waals surface area contributed by atoms with Gasteiger partial charge in [0.05, 0.1) is 33.0 Å². The Labute approximate surface area is 182 Å². The molecule has 2 aliphatic rings. The van der Waals surface area contributed by atoms with Crippen molar-refractivity contribution in [2.24, 2.45) is 5.41 Å². The van der Waals surface area contributed by atoms with Gasteiger partial charge in [-0.1, -0.05) is 51.1 Å². The molecule has 0 aromatic heterocycles. The molecule has 1 aromatic rings. The fourth-order valence-corrected chi connectivity index (χ4v) is 3.61. The molecule has 9 heteroatoms. The normalized spacial score (nSPS) is 22.5. The van der Waals surface area contributed by atoms with E-state index < -0.39 is 23.5 Å². The molecule has 3 rings (SSSR count). The number of nitrogens with zero attached hydrogens (tertiary/aromatic N) is 1. The highest BCUT2D eigenvalue weighted by atomic mass is 19.4. The Balaban J connectivity index is 0.000000488. The minimum absolute atomic E-state index is 0.0188. The van der Waals surface area contributed by atoms with Crippen molar-refractivity contribution < 1.29 is 32.3 Å². The number of hydrogen-bond donors (Lipinski definition) is 1. The van der Waals surface area contributed by atoms with E-state index in [1.165, 1.54) is 0 Å². The summed E-state index contributed by atoms with van der Waals surface area (Å²) in [4.78, 5) is 18.2. The molecule has 2 fully saturated rings. The van der Waals surface area contributed by atoms with Crippen LogP contribution >= 0.6 is 0 Å². The summed E-state index contributed by atoms with van der Waals surface area (Å²) in [6.45, 7) is 8.97. The summed E-state index contributed by atoms with van der Waals surface area (Å²) in [5.74, 6) is -1.78. The molecule has 0 spiro atoms. The number of ether oxygens (including phenoxy) is 2. The van der Waals surface area contributed by atoms with Crippen LogP contribution in [0.3, 0.4) is 0 Å². The fraction of sp³-hybridized carbons (Fsp3) is 0.682. The maximum atomic E-state index is 13.0. The van der Waals surface area contributed by atoms with Crippen molar-refractivity contribution in [3.05, 3.63) is 35.9 Å². The molecule has 2 aliphatic heterocycles. The van der Waals surface area contributed by atoms with Crippen LogP contribution in [-0.4, -0.2) is 62.0 Å². The molecule has 0 saturated carbocycles. The first kappa shape index (κ1) is 25.6. The molecule has 0 radical (unpaired) electrons. The Hall–Kier alpha value is -1.68. The Morgan fingerprint density at radius 2 is 1.65 bits per heavy atom. The minimum atomic E-state index is -4.86. The monoisotopic (exact) mass is 446 g/mol. The molecule has 2 atom stereocenters. The van der Waals surface area contributed by atoms with Gasteiger partial charge in [-0.15, -0.1) is 0 Å². The molecular formula is C22H33F3N2O4. The van der Waals surface area contributed by atoms with Crippen LogP contribution in [0.1, 0.15) is 39.2 Å². The Morgan fingerprint density at radius 1 is 1.06 bits per heavy atom. The zero-order valence-corrected chi connectivity index (χ0v) is 18.4. The second-order valence-electron chi connectivity index (χ2n) is 8.73. The highest BCUT2D eigenvalue weighted by Crippen LogP contribution is 2.34. The lowest BCUT2D eigenvalue weighted by Gasteiger charge is -2.46. The smallest absolute Gasteiger partial charge is 0.377 e. The predicted molar refractivity (Wildman–Crippen MR) is 110 cm³/mol. The van der Waals surface area contributed by atoms with Gasteiger partial charge in [-0.3, -0.25) is 9.63 Å². The average Bonchev–Trinajstić information content (AvgIpc) is 2.74. The topological polar surface area (TPSA) is 60.0 Å². The molecule has 31 heavy (non-hydrogen) atoms. The van der Waals surface area contributed by atoms with Crippen LogP contribution < -0.4 is 5.48 Å². The number of amides is 1. The summed E-state index contributed by atoms with van der Waals surface area (Å²) < 4.78 is 48.7. The average molecular weight is 447 g/mol. The van der Waals surface area contributed by atoms with E-state index in [9.17, 15) is 18.0 Å². The number of benzene rings is 1. The van der Waals surface area contributed by atoms with Gasteiger partial charge in [0.2, 0.25) is 0 Å². The second-order valence-corrected chi connectivity index (χ2v) is 8.73. The molecule has 6 nitrogen and oxygen atoms in total. The van der Waals surface area contributed by atoms with Crippen molar-refractivity contribution >= 4 is 5.91 Å². The van der Waals surface area contributed by atoms with E-state index in [-0.39, 0.29) is 12.6 Å². The van der Waals surface area contributed by atoms with Gasteiger partial charge < -0.3 is 14.4 Å². The van der Waals surface area contributed by atoms with Crippen LogP contribution in [0, 0.1) is 5.41 Å². The third-order valence-electron chi connectivity index (χ3n) is 5.16. The number of alkyl halides is 3. The van der Waals surface area contributed by atoms with E-state index in [4.69, 9.17) is 14.3 Å². The van der Waals surface area contributed by atoms with Crippen LogP contribution in [0.25, 0.3) is 0 Å². The Kier molecular flexibility index (Phi) is 9.74. The SMILES string of the molecule is C1COCCO1.CC(C)(C)[C@@H]1CC[C@@H](NOCc2ccccc2)CN1C(=O)C(F)(F)F. The predicted octanol–water partition coefficient (Wildman–Crippen LogP) is 3.71. The molecule has 2 saturated heterocycles. The number of hydroxylamine groups is 1. The zero-order chi connectivity index (χ0) is 22.9. The van der Waals surface area contributed by atoms with E-state index in [0.717, 1.165) is 36.9 Å². The number of carbonyl (C=O) groups excluding carboxylic acids is 1. The van der Waals surface area contributed by atoms with E-state index in [1.54, 1.807) is 0 Å². The molecule has 2 heterocycles. The molecule has 1 N–H and O–H groups in total. The number of nitrogens with one attached hydrogen (secondary N) is 1. The van der Waals surface area contributed by atoms with E-state index in [2.05, 4.69) is 5.48 Å². The highest BCUT2D eigenvalue weighted by Gasteiger charge is 2.48. The third kappa shape index (κ3) is 8.76. The van der Waals surface area contributed by atoms with Gasteiger partial charge in [0.25, 0.3) is 0 Å². The first-order valence-corrected chi connectivity index (χ1v) is 10.5. The van der Waals surface area contributed by atoms with Crippen LogP contribution in [0.5, 0.6) is 0 Å². The van der Waals surface area contributed by atoms with Crippen molar-refractivity contribution in [1.82, 2.24) is 10.4 Å². The van der Waals surface area contributed by atoms with Crippen LogP contribution in [0.2, 0.25) is 0 Å². The summed E-state index contributed by atoms with van der Waals surface area (Å²) in [5.41, 5.74) is 3.36. The lowest BCUT2D eigenvalue weighted by molar-refractivity contribution is -0.193. The van der Waals surface area contributed by atoms with Crippen molar-refractivity contribution in [3.63, 3.8) is 0 Å². The van der Waals surface area contributed by atoms with Gasteiger partial charge in [-0.05, 0) is 23.8 Å². The lowest BCUT2D eigenvalue weighted by Crippen LogP contribution is -2.59.